The minimum absolute atomic E-state index is 0.0688. The zero-order valence-corrected chi connectivity index (χ0v) is 9.60. The Labute approximate surface area is 90.6 Å². The maximum absolute atomic E-state index is 11.4. The number of fused-ring (bicyclic) bond motifs is 1. The highest BCUT2D eigenvalue weighted by molar-refractivity contribution is 7.22. The maximum atomic E-state index is 11.4. The second-order valence-electron chi connectivity index (χ2n) is 4.28. The number of rotatable bonds is 1. The fourth-order valence-corrected chi connectivity index (χ4v) is 2.16. The fourth-order valence-electron chi connectivity index (χ4n) is 1.14. The molecule has 0 saturated heterocycles. The van der Waals surface area contributed by atoms with E-state index in [0.717, 1.165) is 5.13 Å². The van der Waals surface area contributed by atoms with Crippen LogP contribution in [0.5, 0.6) is 0 Å². The highest BCUT2D eigenvalue weighted by Gasteiger charge is 2.14. The zero-order chi connectivity index (χ0) is 11.1. The largest absolute Gasteiger partial charge is 0.357 e. The smallest absolute Gasteiger partial charge is 0.270 e. The molecule has 0 saturated carbocycles. The first-order valence-electron chi connectivity index (χ1n) is 4.58. The highest BCUT2D eigenvalue weighted by atomic mass is 32.1. The first-order chi connectivity index (χ1) is 6.96. The predicted molar refractivity (Wildman–Crippen MR) is 61.4 cm³/mol. The van der Waals surface area contributed by atoms with Crippen LogP contribution >= 0.6 is 11.3 Å². The molecule has 0 amide bonds. The van der Waals surface area contributed by atoms with E-state index in [1.54, 1.807) is 0 Å². The molecule has 0 aromatic carbocycles. The molecule has 0 atom stereocenters. The number of aromatic amines is 1. The number of anilines is 1. The lowest BCUT2D eigenvalue weighted by Gasteiger charge is -2.19. The summed E-state index contributed by atoms with van der Waals surface area (Å²) in [7, 11) is 0. The zero-order valence-electron chi connectivity index (χ0n) is 8.79. The van der Waals surface area contributed by atoms with Crippen molar-refractivity contribution in [1.82, 2.24) is 15.0 Å². The van der Waals surface area contributed by atoms with Crippen LogP contribution in [0.3, 0.4) is 0 Å². The monoisotopic (exact) mass is 224 g/mol. The first kappa shape index (κ1) is 10.1. The summed E-state index contributed by atoms with van der Waals surface area (Å²) < 4.78 is 0.559. The summed E-state index contributed by atoms with van der Waals surface area (Å²) in [6.07, 6.45) is 1.37. The standard InChI is InChI=1S/C9H12N4OS/c1-9(2,3)13-8-12-6-5(15-8)7(14)11-4-10-6/h4H,1-3H3,(H2,10,11,12,13,14). The van der Waals surface area contributed by atoms with Crippen molar-refractivity contribution in [2.24, 2.45) is 0 Å². The van der Waals surface area contributed by atoms with Crippen molar-refractivity contribution in [3.63, 3.8) is 0 Å². The van der Waals surface area contributed by atoms with Gasteiger partial charge in [-0.1, -0.05) is 11.3 Å². The molecule has 80 valence electrons. The van der Waals surface area contributed by atoms with Gasteiger partial charge in [-0.15, -0.1) is 0 Å². The van der Waals surface area contributed by atoms with E-state index in [2.05, 4.69) is 20.3 Å². The number of H-pyrrole nitrogens is 1. The molecule has 0 spiro atoms. The fraction of sp³-hybridized carbons (Fsp3) is 0.444. The summed E-state index contributed by atoms with van der Waals surface area (Å²) >= 11 is 1.32. The summed E-state index contributed by atoms with van der Waals surface area (Å²) in [6.45, 7) is 6.12. The number of hydrogen-bond donors (Lipinski definition) is 2. The van der Waals surface area contributed by atoms with Gasteiger partial charge < -0.3 is 10.3 Å². The molecule has 0 aliphatic heterocycles. The highest BCUT2D eigenvalue weighted by Crippen LogP contribution is 2.23. The molecule has 0 bridgehead atoms. The molecule has 2 rings (SSSR count). The van der Waals surface area contributed by atoms with Gasteiger partial charge in [0.25, 0.3) is 5.56 Å². The van der Waals surface area contributed by atoms with E-state index in [4.69, 9.17) is 0 Å². The molecule has 2 aromatic rings. The Morgan fingerprint density at radius 3 is 2.80 bits per heavy atom. The summed E-state index contributed by atoms with van der Waals surface area (Å²) in [5, 5.41) is 3.94. The van der Waals surface area contributed by atoms with Crippen LogP contribution in [0.2, 0.25) is 0 Å². The number of nitrogens with zero attached hydrogens (tertiary/aromatic N) is 2. The molecule has 15 heavy (non-hydrogen) atoms. The van der Waals surface area contributed by atoms with Gasteiger partial charge >= 0.3 is 0 Å². The number of nitrogens with one attached hydrogen (secondary N) is 2. The SMILES string of the molecule is CC(C)(C)Nc1nc2nc[nH]c(=O)c2s1. The van der Waals surface area contributed by atoms with Crippen molar-refractivity contribution in [3.8, 4) is 0 Å². The van der Waals surface area contributed by atoms with Crippen molar-refractivity contribution < 1.29 is 0 Å². The Balaban J connectivity index is 2.48. The van der Waals surface area contributed by atoms with E-state index in [9.17, 15) is 4.79 Å². The van der Waals surface area contributed by atoms with Crippen molar-refractivity contribution >= 4 is 26.8 Å². The van der Waals surface area contributed by atoms with Crippen molar-refractivity contribution in [2.45, 2.75) is 26.3 Å². The summed E-state index contributed by atoms with van der Waals surface area (Å²) in [6, 6.07) is 0. The Morgan fingerprint density at radius 2 is 2.20 bits per heavy atom. The van der Waals surface area contributed by atoms with E-state index in [1.165, 1.54) is 17.7 Å². The molecule has 0 aliphatic carbocycles. The Hall–Kier alpha value is -1.43. The van der Waals surface area contributed by atoms with Crippen LogP contribution in [0.15, 0.2) is 11.1 Å². The van der Waals surface area contributed by atoms with Crippen LogP contribution in [0.4, 0.5) is 5.13 Å². The van der Waals surface area contributed by atoms with E-state index in [0.29, 0.717) is 10.3 Å². The van der Waals surface area contributed by atoms with E-state index in [1.807, 2.05) is 20.8 Å². The van der Waals surface area contributed by atoms with Crippen LogP contribution in [-0.4, -0.2) is 20.5 Å². The number of thiazole rings is 1. The summed E-state index contributed by atoms with van der Waals surface area (Å²) in [5.74, 6) is 0. The van der Waals surface area contributed by atoms with Gasteiger partial charge in [0, 0.05) is 5.54 Å². The van der Waals surface area contributed by atoms with Gasteiger partial charge in [0.15, 0.2) is 10.8 Å². The van der Waals surface area contributed by atoms with E-state index >= 15 is 0 Å². The van der Waals surface area contributed by atoms with Crippen molar-refractivity contribution in [3.05, 3.63) is 16.7 Å². The summed E-state index contributed by atoms with van der Waals surface area (Å²) in [5.41, 5.74) is 0.288. The molecule has 2 N–H and O–H groups in total. The topological polar surface area (TPSA) is 70.7 Å². The van der Waals surface area contributed by atoms with Crippen molar-refractivity contribution in [2.75, 3.05) is 5.32 Å². The molecule has 0 radical (unpaired) electrons. The summed E-state index contributed by atoms with van der Waals surface area (Å²) in [4.78, 5) is 22.2. The van der Waals surface area contributed by atoms with E-state index in [-0.39, 0.29) is 11.1 Å². The van der Waals surface area contributed by atoms with Gasteiger partial charge in [-0.3, -0.25) is 4.79 Å². The molecule has 2 heterocycles. The van der Waals surface area contributed by atoms with Gasteiger partial charge in [0.2, 0.25) is 0 Å². The molecule has 2 aromatic heterocycles. The van der Waals surface area contributed by atoms with Gasteiger partial charge in [0.05, 0.1) is 6.33 Å². The molecule has 5 nitrogen and oxygen atoms in total. The minimum Gasteiger partial charge on any atom is -0.357 e. The third kappa shape index (κ3) is 2.15. The number of aromatic nitrogens is 3. The second-order valence-corrected chi connectivity index (χ2v) is 5.28. The molecular weight excluding hydrogens is 212 g/mol. The molecular formula is C9H12N4OS. The van der Waals surface area contributed by atoms with Crippen LogP contribution in [0, 0.1) is 0 Å². The lowest BCUT2D eigenvalue weighted by Crippen LogP contribution is -2.25. The van der Waals surface area contributed by atoms with Gasteiger partial charge in [-0.25, -0.2) is 4.98 Å². The van der Waals surface area contributed by atoms with Crippen LogP contribution in [0.1, 0.15) is 20.8 Å². The van der Waals surface area contributed by atoms with Gasteiger partial charge in [0.1, 0.15) is 4.70 Å². The average Bonchev–Trinajstić information content (AvgIpc) is 2.45. The molecule has 0 fully saturated rings. The van der Waals surface area contributed by atoms with Gasteiger partial charge in [-0.05, 0) is 20.8 Å². The lowest BCUT2D eigenvalue weighted by molar-refractivity contribution is 0.633. The molecule has 6 heteroatoms. The lowest BCUT2D eigenvalue weighted by atomic mass is 10.1. The molecule has 0 aliphatic rings. The molecule has 0 unspecified atom stereocenters. The van der Waals surface area contributed by atoms with E-state index < -0.39 is 0 Å². The number of hydrogen-bond acceptors (Lipinski definition) is 5. The quantitative estimate of drug-likeness (QED) is 0.771. The normalized spacial score (nSPS) is 11.9. The predicted octanol–water partition coefficient (Wildman–Crippen LogP) is 1.59. The van der Waals surface area contributed by atoms with Crippen LogP contribution < -0.4 is 10.9 Å². The maximum Gasteiger partial charge on any atom is 0.270 e. The first-order valence-corrected chi connectivity index (χ1v) is 5.40. The Kier molecular flexibility index (Phi) is 2.22. The average molecular weight is 224 g/mol. The minimum atomic E-state index is -0.139. The Morgan fingerprint density at radius 1 is 1.47 bits per heavy atom. The van der Waals surface area contributed by atoms with Crippen LogP contribution in [0.25, 0.3) is 10.3 Å². The van der Waals surface area contributed by atoms with Gasteiger partial charge in [-0.2, -0.15) is 4.98 Å². The Bertz CT molecular complexity index is 537. The van der Waals surface area contributed by atoms with Crippen molar-refractivity contribution in [1.29, 1.82) is 0 Å². The third-order valence-electron chi connectivity index (χ3n) is 1.68. The second kappa shape index (κ2) is 3.30. The van der Waals surface area contributed by atoms with Crippen LogP contribution in [-0.2, 0) is 0 Å². The third-order valence-corrected chi connectivity index (χ3v) is 2.64.